The van der Waals surface area contributed by atoms with E-state index in [0.29, 0.717) is 30.2 Å². The molecule has 0 amide bonds. The standard InChI is InChI=1S/C21H25ClF3N3O3/c1-6-18-16(19(29)11(2)12(3)28-18)7-8-27-31-14(5)13(4)30-20-17(22)9-15(10-26-20)21(23,24)25/h8-10,13-14H,6-7H2,1-5H3,(H,28,29)/b27-8+. The number of ether oxygens (including phenoxy) is 1. The number of oxime groups is 1. The largest absolute Gasteiger partial charge is 0.470 e. The molecule has 0 radical (unpaired) electrons. The summed E-state index contributed by atoms with van der Waals surface area (Å²) in [5.74, 6) is -0.129. The molecule has 1 N–H and O–H groups in total. The predicted molar refractivity (Wildman–Crippen MR) is 113 cm³/mol. The highest BCUT2D eigenvalue weighted by Crippen LogP contribution is 2.33. The minimum Gasteiger partial charge on any atom is -0.470 e. The van der Waals surface area contributed by atoms with Crippen molar-refractivity contribution in [1.82, 2.24) is 9.97 Å². The van der Waals surface area contributed by atoms with Crippen LogP contribution in [0.5, 0.6) is 5.88 Å². The van der Waals surface area contributed by atoms with Gasteiger partial charge in [-0.05, 0) is 40.2 Å². The molecule has 2 rings (SSSR count). The Morgan fingerprint density at radius 3 is 2.55 bits per heavy atom. The van der Waals surface area contributed by atoms with Gasteiger partial charge in [-0.1, -0.05) is 23.7 Å². The number of hydrogen-bond donors (Lipinski definition) is 1. The van der Waals surface area contributed by atoms with Crippen molar-refractivity contribution in [2.24, 2.45) is 5.16 Å². The molecule has 2 aromatic rings. The zero-order chi connectivity index (χ0) is 23.3. The van der Waals surface area contributed by atoms with E-state index >= 15 is 0 Å². The SMILES string of the molecule is CCc1[nH]c(C)c(C)c(=O)c1C/C=N/OC(C)C(C)Oc1ncc(C(F)(F)F)cc1Cl. The van der Waals surface area contributed by atoms with E-state index in [9.17, 15) is 18.0 Å². The number of rotatable bonds is 8. The highest BCUT2D eigenvalue weighted by atomic mass is 35.5. The third-order valence-corrected chi connectivity index (χ3v) is 5.19. The topological polar surface area (TPSA) is 76.6 Å². The number of pyridine rings is 2. The second-order valence-corrected chi connectivity index (χ2v) is 7.56. The Morgan fingerprint density at radius 2 is 1.97 bits per heavy atom. The van der Waals surface area contributed by atoms with Crippen LogP contribution < -0.4 is 10.2 Å². The first-order chi connectivity index (χ1) is 14.5. The Labute approximate surface area is 183 Å². The maximum Gasteiger partial charge on any atom is 0.417 e. The van der Waals surface area contributed by atoms with E-state index in [1.807, 2.05) is 13.8 Å². The smallest absolute Gasteiger partial charge is 0.417 e. The number of aromatic nitrogens is 2. The Kier molecular flexibility index (Phi) is 8.11. The van der Waals surface area contributed by atoms with Gasteiger partial charge in [0, 0.05) is 41.3 Å². The molecule has 0 aromatic carbocycles. The first kappa shape index (κ1) is 24.7. The monoisotopic (exact) mass is 459 g/mol. The molecule has 2 aromatic heterocycles. The van der Waals surface area contributed by atoms with Crippen LogP contribution in [0.4, 0.5) is 13.2 Å². The van der Waals surface area contributed by atoms with E-state index < -0.39 is 23.9 Å². The molecule has 6 nitrogen and oxygen atoms in total. The van der Waals surface area contributed by atoms with Crippen LogP contribution in [0.25, 0.3) is 0 Å². The summed E-state index contributed by atoms with van der Waals surface area (Å²) in [4.78, 5) is 24.7. The van der Waals surface area contributed by atoms with Crippen LogP contribution in [0.15, 0.2) is 22.2 Å². The fraction of sp³-hybridized carbons (Fsp3) is 0.476. The van der Waals surface area contributed by atoms with Crippen molar-refractivity contribution in [2.45, 2.75) is 65.8 Å². The van der Waals surface area contributed by atoms with Gasteiger partial charge in [-0.25, -0.2) is 4.98 Å². The lowest BCUT2D eigenvalue weighted by atomic mass is 10.0. The number of halogens is 4. The van der Waals surface area contributed by atoms with Crippen LogP contribution in [0.2, 0.25) is 5.02 Å². The summed E-state index contributed by atoms with van der Waals surface area (Å²) in [6.45, 7) is 8.92. The van der Waals surface area contributed by atoms with Gasteiger partial charge in [0.25, 0.3) is 0 Å². The van der Waals surface area contributed by atoms with Gasteiger partial charge in [-0.2, -0.15) is 13.2 Å². The first-order valence-electron chi connectivity index (χ1n) is 9.73. The maximum absolute atomic E-state index is 12.7. The van der Waals surface area contributed by atoms with Gasteiger partial charge in [-0.15, -0.1) is 0 Å². The number of H-pyrrole nitrogens is 1. The second-order valence-electron chi connectivity index (χ2n) is 7.15. The molecule has 31 heavy (non-hydrogen) atoms. The van der Waals surface area contributed by atoms with Crippen molar-refractivity contribution in [1.29, 1.82) is 0 Å². The summed E-state index contributed by atoms with van der Waals surface area (Å²) in [6, 6.07) is 0.757. The van der Waals surface area contributed by atoms with Crippen LogP contribution in [-0.4, -0.2) is 28.4 Å². The third-order valence-electron chi connectivity index (χ3n) is 4.92. The summed E-state index contributed by atoms with van der Waals surface area (Å²) in [5.41, 5.74) is 2.02. The minimum absolute atomic E-state index is 0.0210. The van der Waals surface area contributed by atoms with Crippen LogP contribution in [0.3, 0.4) is 0 Å². The number of alkyl halides is 3. The maximum atomic E-state index is 12.7. The number of aromatic amines is 1. The molecule has 0 saturated heterocycles. The molecule has 170 valence electrons. The lowest BCUT2D eigenvalue weighted by molar-refractivity contribution is -0.137. The van der Waals surface area contributed by atoms with Gasteiger partial charge < -0.3 is 14.6 Å². The summed E-state index contributed by atoms with van der Waals surface area (Å²) >= 11 is 5.86. The Bertz CT molecular complexity index is 1010. The van der Waals surface area contributed by atoms with Crippen LogP contribution in [0.1, 0.15) is 48.8 Å². The third kappa shape index (κ3) is 6.22. The molecule has 0 saturated carbocycles. The Hall–Kier alpha value is -2.55. The van der Waals surface area contributed by atoms with E-state index in [-0.39, 0.29) is 16.3 Å². The molecule has 0 fully saturated rings. The average molecular weight is 460 g/mol. The van der Waals surface area contributed by atoms with Gasteiger partial charge in [0.2, 0.25) is 5.88 Å². The normalized spacial score (nSPS) is 14.0. The van der Waals surface area contributed by atoms with Crippen molar-refractivity contribution in [3.63, 3.8) is 0 Å². The van der Waals surface area contributed by atoms with Crippen LogP contribution in [-0.2, 0) is 23.9 Å². The van der Waals surface area contributed by atoms with Crippen LogP contribution in [0, 0.1) is 13.8 Å². The number of nitrogens with zero attached hydrogens (tertiary/aromatic N) is 2. The highest BCUT2D eigenvalue weighted by molar-refractivity contribution is 6.31. The molecular formula is C21H25ClF3N3O3. The average Bonchev–Trinajstić information content (AvgIpc) is 2.70. The zero-order valence-electron chi connectivity index (χ0n) is 17.9. The zero-order valence-corrected chi connectivity index (χ0v) is 18.7. The molecule has 0 aliphatic carbocycles. The molecule has 0 spiro atoms. The molecule has 0 bridgehead atoms. The summed E-state index contributed by atoms with van der Waals surface area (Å²) in [6.07, 6.45) is -2.57. The van der Waals surface area contributed by atoms with E-state index in [1.54, 1.807) is 20.8 Å². The lowest BCUT2D eigenvalue weighted by Crippen LogP contribution is -2.28. The highest BCUT2D eigenvalue weighted by Gasteiger charge is 2.32. The number of aryl methyl sites for hydroxylation is 2. The summed E-state index contributed by atoms with van der Waals surface area (Å²) < 4.78 is 43.6. The number of hydrogen-bond acceptors (Lipinski definition) is 5. The number of nitrogens with one attached hydrogen (secondary N) is 1. The van der Waals surface area contributed by atoms with Gasteiger partial charge in [0.1, 0.15) is 11.1 Å². The fourth-order valence-corrected chi connectivity index (χ4v) is 2.95. The molecule has 10 heteroatoms. The van der Waals surface area contributed by atoms with Gasteiger partial charge in [0.15, 0.2) is 11.5 Å². The van der Waals surface area contributed by atoms with Crippen molar-refractivity contribution in [3.8, 4) is 5.88 Å². The fourth-order valence-electron chi connectivity index (χ4n) is 2.74. The molecule has 2 atom stereocenters. The quantitative estimate of drug-likeness (QED) is 0.444. The van der Waals surface area contributed by atoms with Crippen LogP contribution >= 0.6 is 11.6 Å². The first-order valence-corrected chi connectivity index (χ1v) is 10.1. The van der Waals surface area contributed by atoms with E-state index in [2.05, 4.69) is 15.1 Å². The van der Waals surface area contributed by atoms with E-state index in [0.717, 1.165) is 17.5 Å². The molecule has 2 heterocycles. The lowest BCUT2D eigenvalue weighted by Gasteiger charge is -2.20. The minimum atomic E-state index is -4.54. The Balaban J connectivity index is 1.99. The van der Waals surface area contributed by atoms with Crippen molar-refractivity contribution in [2.75, 3.05) is 0 Å². The summed E-state index contributed by atoms with van der Waals surface area (Å²) in [7, 11) is 0. The van der Waals surface area contributed by atoms with E-state index in [1.165, 1.54) is 6.21 Å². The summed E-state index contributed by atoms with van der Waals surface area (Å²) in [5, 5.41) is 3.66. The van der Waals surface area contributed by atoms with Gasteiger partial charge >= 0.3 is 6.18 Å². The van der Waals surface area contributed by atoms with Crippen molar-refractivity contribution in [3.05, 3.63) is 55.6 Å². The van der Waals surface area contributed by atoms with Gasteiger partial charge in [-0.3, -0.25) is 4.79 Å². The molecular weight excluding hydrogens is 435 g/mol. The van der Waals surface area contributed by atoms with Gasteiger partial charge in [0.05, 0.1) is 5.56 Å². The van der Waals surface area contributed by atoms with Crippen molar-refractivity contribution < 1.29 is 22.7 Å². The molecule has 2 unspecified atom stereocenters. The molecule has 0 aliphatic rings. The Morgan fingerprint density at radius 1 is 1.29 bits per heavy atom. The second kappa shape index (κ2) is 10.2. The predicted octanol–water partition coefficient (Wildman–Crippen LogP) is 5.02. The van der Waals surface area contributed by atoms with E-state index in [4.69, 9.17) is 21.2 Å². The molecule has 0 aliphatic heterocycles. The van der Waals surface area contributed by atoms with Crippen molar-refractivity contribution >= 4 is 17.8 Å².